The molecule has 0 aliphatic heterocycles. The molecular weight excluding hydrogens is 266 g/mol. The molecule has 1 rings (SSSR count). The summed E-state index contributed by atoms with van der Waals surface area (Å²) in [5, 5.41) is 0. The van der Waals surface area contributed by atoms with E-state index in [-0.39, 0.29) is 10.7 Å². The minimum atomic E-state index is -3.09. The summed E-state index contributed by atoms with van der Waals surface area (Å²) < 4.78 is 25.3. The van der Waals surface area contributed by atoms with Crippen LogP contribution in [-0.2, 0) is 10.0 Å². The fraction of sp³-hybridized carbons (Fsp3) is 1.00. The van der Waals surface area contributed by atoms with Gasteiger partial charge in [-0.2, -0.15) is 0 Å². The van der Waals surface area contributed by atoms with Gasteiger partial charge in [-0.25, -0.2) is 13.1 Å². The zero-order valence-corrected chi connectivity index (χ0v) is 10.9. The highest BCUT2D eigenvalue weighted by Gasteiger charge is 2.20. The Morgan fingerprint density at radius 1 is 1.29 bits per heavy atom. The van der Waals surface area contributed by atoms with E-state index in [1.807, 2.05) is 0 Å². The minimum absolute atomic E-state index is 0.00601. The summed E-state index contributed by atoms with van der Waals surface area (Å²) in [6.07, 6.45) is 5.46. The second-order valence-electron chi connectivity index (χ2n) is 4.15. The number of halogens is 1. The number of hydrogen-bond acceptors (Lipinski definition) is 2. The zero-order chi connectivity index (χ0) is 10.6. The third-order valence-electron chi connectivity index (χ3n) is 2.75. The molecule has 1 aliphatic carbocycles. The smallest absolute Gasteiger partial charge is 0.212 e. The van der Waals surface area contributed by atoms with Gasteiger partial charge in [0.1, 0.15) is 4.66 Å². The Bertz CT molecular complexity index is 266. The molecule has 1 saturated carbocycles. The van der Waals surface area contributed by atoms with Gasteiger partial charge >= 0.3 is 0 Å². The van der Waals surface area contributed by atoms with Crippen LogP contribution in [0.25, 0.3) is 0 Å². The van der Waals surface area contributed by atoms with Crippen molar-refractivity contribution >= 4 is 26.0 Å². The standard InChI is InChI=1S/C9H18BrNO2S/c1-8-3-2-4-9(6-5-8)11-14(12,13)7-10/h8-9,11H,2-7H2,1H3. The molecule has 2 unspecified atom stereocenters. The monoisotopic (exact) mass is 283 g/mol. The molecule has 0 radical (unpaired) electrons. The summed E-state index contributed by atoms with van der Waals surface area (Å²) >= 11 is 2.98. The molecule has 0 aromatic rings. The van der Waals surface area contributed by atoms with Gasteiger partial charge in [-0.05, 0) is 25.2 Å². The number of hydrogen-bond donors (Lipinski definition) is 1. The van der Waals surface area contributed by atoms with Gasteiger partial charge in [0, 0.05) is 6.04 Å². The van der Waals surface area contributed by atoms with Gasteiger partial charge in [0.05, 0.1) is 0 Å². The van der Waals surface area contributed by atoms with Crippen LogP contribution in [0, 0.1) is 5.92 Å². The third kappa shape index (κ3) is 4.28. The van der Waals surface area contributed by atoms with Gasteiger partial charge in [-0.3, -0.25) is 0 Å². The van der Waals surface area contributed by atoms with Crippen LogP contribution in [0.1, 0.15) is 39.0 Å². The average Bonchev–Trinajstić information content (AvgIpc) is 2.31. The molecule has 0 saturated heterocycles. The van der Waals surface area contributed by atoms with Gasteiger partial charge in [-0.1, -0.05) is 35.7 Å². The Labute approximate surface area is 94.8 Å². The van der Waals surface area contributed by atoms with Crippen molar-refractivity contribution in [3.8, 4) is 0 Å². The van der Waals surface area contributed by atoms with E-state index in [1.165, 1.54) is 6.42 Å². The number of nitrogens with one attached hydrogen (secondary N) is 1. The predicted molar refractivity (Wildman–Crippen MR) is 61.9 cm³/mol. The Hall–Kier alpha value is 0.390. The van der Waals surface area contributed by atoms with Crippen LogP contribution >= 0.6 is 15.9 Å². The molecular formula is C9H18BrNO2S. The maximum Gasteiger partial charge on any atom is 0.221 e. The largest absolute Gasteiger partial charge is 0.221 e. The molecule has 0 spiro atoms. The molecule has 1 aliphatic rings. The summed E-state index contributed by atoms with van der Waals surface area (Å²) in [4.78, 5) is 0. The first-order valence-corrected chi connectivity index (χ1v) is 7.87. The van der Waals surface area contributed by atoms with Crippen molar-refractivity contribution in [1.82, 2.24) is 4.72 Å². The molecule has 0 heterocycles. The van der Waals surface area contributed by atoms with Gasteiger partial charge < -0.3 is 0 Å². The lowest BCUT2D eigenvalue weighted by molar-refractivity contribution is 0.485. The van der Waals surface area contributed by atoms with E-state index in [1.54, 1.807) is 0 Å². The lowest BCUT2D eigenvalue weighted by Crippen LogP contribution is -2.34. The van der Waals surface area contributed by atoms with Crippen molar-refractivity contribution in [2.24, 2.45) is 5.92 Å². The average molecular weight is 284 g/mol. The van der Waals surface area contributed by atoms with E-state index < -0.39 is 10.0 Å². The van der Waals surface area contributed by atoms with Crippen molar-refractivity contribution in [3.63, 3.8) is 0 Å². The van der Waals surface area contributed by atoms with E-state index in [4.69, 9.17) is 0 Å². The highest BCUT2D eigenvalue weighted by Crippen LogP contribution is 2.23. The Morgan fingerprint density at radius 3 is 2.64 bits per heavy atom. The van der Waals surface area contributed by atoms with Gasteiger partial charge in [-0.15, -0.1) is 0 Å². The maximum absolute atomic E-state index is 11.3. The molecule has 2 atom stereocenters. The number of rotatable bonds is 3. The van der Waals surface area contributed by atoms with Crippen molar-refractivity contribution in [3.05, 3.63) is 0 Å². The Morgan fingerprint density at radius 2 is 2.00 bits per heavy atom. The highest BCUT2D eigenvalue weighted by atomic mass is 79.9. The van der Waals surface area contributed by atoms with Crippen molar-refractivity contribution in [1.29, 1.82) is 0 Å². The van der Waals surface area contributed by atoms with E-state index in [9.17, 15) is 8.42 Å². The summed E-state index contributed by atoms with van der Waals surface area (Å²) in [6, 6.07) is 0.155. The quantitative estimate of drug-likeness (QED) is 0.638. The lowest BCUT2D eigenvalue weighted by Gasteiger charge is -2.15. The van der Waals surface area contributed by atoms with Crippen molar-refractivity contribution < 1.29 is 8.42 Å². The summed E-state index contributed by atoms with van der Waals surface area (Å²) in [7, 11) is -3.09. The predicted octanol–water partition coefficient (Wildman–Crippen LogP) is 2.23. The van der Waals surface area contributed by atoms with Crippen LogP contribution in [0.15, 0.2) is 0 Å². The summed E-state index contributed by atoms with van der Waals surface area (Å²) in [5.74, 6) is 0.744. The molecule has 84 valence electrons. The first-order chi connectivity index (χ1) is 6.53. The second-order valence-corrected chi connectivity index (χ2v) is 7.21. The number of alkyl halides is 1. The second kappa shape index (κ2) is 5.47. The van der Waals surface area contributed by atoms with Crippen molar-refractivity contribution in [2.45, 2.75) is 45.1 Å². The topological polar surface area (TPSA) is 46.2 Å². The SMILES string of the molecule is CC1CCCC(NS(=O)(=O)CBr)CC1. The number of sulfonamides is 1. The maximum atomic E-state index is 11.3. The Kier molecular flexibility index (Phi) is 4.87. The van der Waals surface area contributed by atoms with E-state index in [0.29, 0.717) is 0 Å². The van der Waals surface area contributed by atoms with Crippen LogP contribution in [0.5, 0.6) is 0 Å². The van der Waals surface area contributed by atoms with Gasteiger partial charge in [0.25, 0.3) is 0 Å². The fourth-order valence-corrected chi connectivity index (χ4v) is 3.09. The fourth-order valence-electron chi connectivity index (χ4n) is 1.89. The van der Waals surface area contributed by atoms with Crippen molar-refractivity contribution in [2.75, 3.05) is 4.66 Å². The zero-order valence-electron chi connectivity index (χ0n) is 8.50. The van der Waals surface area contributed by atoms with Crippen LogP contribution < -0.4 is 4.72 Å². The van der Waals surface area contributed by atoms with Crippen LogP contribution in [0.4, 0.5) is 0 Å². The first-order valence-electron chi connectivity index (χ1n) is 5.09. The molecule has 0 aromatic carbocycles. The molecule has 1 fully saturated rings. The van der Waals surface area contributed by atoms with E-state index in [0.717, 1.165) is 31.6 Å². The summed E-state index contributed by atoms with van der Waals surface area (Å²) in [6.45, 7) is 2.24. The van der Waals surface area contributed by atoms with E-state index in [2.05, 4.69) is 27.6 Å². The lowest BCUT2D eigenvalue weighted by atomic mass is 10.0. The van der Waals surface area contributed by atoms with Crippen LogP contribution in [0.2, 0.25) is 0 Å². The molecule has 14 heavy (non-hydrogen) atoms. The summed E-state index contributed by atoms with van der Waals surface area (Å²) in [5.41, 5.74) is 0. The van der Waals surface area contributed by atoms with Crippen LogP contribution in [0.3, 0.4) is 0 Å². The first kappa shape index (κ1) is 12.5. The third-order valence-corrected chi connectivity index (χ3v) is 5.54. The van der Waals surface area contributed by atoms with E-state index >= 15 is 0 Å². The normalized spacial score (nSPS) is 29.9. The molecule has 3 nitrogen and oxygen atoms in total. The molecule has 0 aromatic heterocycles. The molecule has 5 heteroatoms. The molecule has 0 amide bonds. The van der Waals surface area contributed by atoms with Gasteiger partial charge in [0.2, 0.25) is 10.0 Å². The highest BCUT2D eigenvalue weighted by molar-refractivity contribution is 9.10. The van der Waals surface area contributed by atoms with Crippen LogP contribution in [-0.4, -0.2) is 19.1 Å². The molecule has 1 N–H and O–H groups in total. The minimum Gasteiger partial charge on any atom is -0.212 e. The van der Waals surface area contributed by atoms with Gasteiger partial charge in [0.15, 0.2) is 0 Å². The Balaban J connectivity index is 2.45. The molecule has 0 bridgehead atoms.